The van der Waals surface area contributed by atoms with E-state index in [0.717, 1.165) is 5.56 Å². The number of methoxy groups -OCH3 is 1. The molecule has 0 spiro atoms. The molecular weight excluding hydrogens is 196 g/mol. The zero-order valence-electron chi connectivity index (χ0n) is 8.68. The normalized spacial score (nSPS) is 14.4. The molecule has 0 aliphatic heterocycles. The molecule has 0 heterocycles. The third kappa shape index (κ3) is 2.78. The lowest BCUT2D eigenvalue weighted by Crippen LogP contribution is -2.13. The maximum atomic E-state index is 11.0. The van der Waals surface area contributed by atoms with Crippen LogP contribution in [0.15, 0.2) is 24.3 Å². The molecule has 0 aliphatic carbocycles. The maximum absolute atomic E-state index is 11.0. The molecule has 82 valence electrons. The average molecular weight is 210 g/mol. The van der Waals surface area contributed by atoms with E-state index in [1.807, 2.05) is 0 Å². The molecule has 4 heteroatoms. The Balaban J connectivity index is 2.84. The molecule has 1 aromatic carbocycles. The number of aliphatic hydroxyl groups excluding tert-OH is 2. The molecule has 0 fully saturated rings. The third-order valence-electron chi connectivity index (χ3n) is 2.16. The number of ether oxygens (including phenoxy) is 1. The van der Waals surface area contributed by atoms with Gasteiger partial charge in [0.1, 0.15) is 0 Å². The van der Waals surface area contributed by atoms with Crippen LogP contribution < -0.4 is 0 Å². The zero-order chi connectivity index (χ0) is 11.4. The molecule has 4 nitrogen and oxygen atoms in total. The molecule has 1 rings (SSSR count). The molecule has 0 radical (unpaired) electrons. The Bertz CT molecular complexity index is 329. The van der Waals surface area contributed by atoms with Gasteiger partial charge >= 0.3 is 5.97 Å². The van der Waals surface area contributed by atoms with E-state index in [9.17, 15) is 15.0 Å². The predicted molar refractivity (Wildman–Crippen MR) is 54.1 cm³/mol. The Morgan fingerprint density at radius 1 is 1.20 bits per heavy atom. The number of hydrogen-bond acceptors (Lipinski definition) is 4. The zero-order valence-corrected chi connectivity index (χ0v) is 8.68. The SMILES string of the molecule is COC(=O)C(O)c1ccc(C(C)O)cc1. The highest BCUT2D eigenvalue weighted by Gasteiger charge is 2.17. The van der Waals surface area contributed by atoms with Crippen molar-refractivity contribution in [2.45, 2.75) is 19.1 Å². The molecule has 0 aliphatic rings. The molecule has 15 heavy (non-hydrogen) atoms. The van der Waals surface area contributed by atoms with Gasteiger partial charge in [-0.25, -0.2) is 4.79 Å². The predicted octanol–water partition coefficient (Wildman–Crippen LogP) is 0.946. The lowest BCUT2D eigenvalue weighted by Gasteiger charge is -2.10. The van der Waals surface area contributed by atoms with Crippen molar-refractivity contribution in [2.75, 3.05) is 7.11 Å². The van der Waals surface area contributed by atoms with Gasteiger partial charge in [0.25, 0.3) is 0 Å². The Kier molecular flexibility index (Phi) is 3.82. The number of benzene rings is 1. The fourth-order valence-corrected chi connectivity index (χ4v) is 1.20. The summed E-state index contributed by atoms with van der Waals surface area (Å²) in [6, 6.07) is 6.49. The minimum Gasteiger partial charge on any atom is -0.467 e. The molecule has 0 saturated heterocycles. The Morgan fingerprint density at radius 2 is 1.67 bits per heavy atom. The van der Waals surface area contributed by atoms with Crippen LogP contribution in [0.4, 0.5) is 0 Å². The van der Waals surface area contributed by atoms with Gasteiger partial charge in [-0.15, -0.1) is 0 Å². The van der Waals surface area contributed by atoms with Gasteiger partial charge in [0.15, 0.2) is 6.10 Å². The van der Waals surface area contributed by atoms with Gasteiger partial charge in [0, 0.05) is 0 Å². The van der Waals surface area contributed by atoms with Gasteiger partial charge < -0.3 is 14.9 Å². The summed E-state index contributed by atoms with van der Waals surface area (Å²) >= 11 is 0. The van der Waals surface area contributed by atoms with Crippen LogP contribution >= 0.6 is 0 Å². The van der Waals surface area contributed by atoms with Crippen molar-refractivity contribution < 1.29 is 19.7 Å². The van der Waals surface area contributed by atoms with Crippen molar-refractivity contribution in [3.05, 3.63) is 35.4 Å². The first-order valence-corrected chi connectivity index (χ1v) is 4.60. The number of hydrogen-bond donors (Lipinski definition) is 2. The molecule has 1 aromatic rings. The van der Waals surface area contributed by atoms with E-state index < -0.39 is 18.2 Å². The molecule has 2 atom stereocenters. The standard InChI is InChI=1S/C11H14O4/c1-7(12)8-3-5-9(6-4-8)10(13)11(14)15-2/h3-7,10,12-13H,1-2H3. The quantitative estimate of drug-likeness (QED) is 0.729. The minimum atomic E-state index is -1.27. The van der Waals surface area contributed by atoms with Crippen LogP contribution in [0.5, 0.6) is 0 Å². The van der Waals surface area contributed by atoms with Gasteiger partial charge in [-0.1, -0.05) is 24.3 Å². The summed E-state index contributed by atoms with van der Waals surface area (Å²) in [4.78, 5) is 11.0. The second-order valence-electron chi connectivity index (χ2n) is 3.27. The van der Waals surface area contributed by atoms with Gasteiger partial charge in [0.05, 0.1) is 13.2 Å². The van der Waals surface area contributed by atoms with Gasteiger partial charge in [-0.2, -0.15) is 0 Å². The molecule has 2 unspecified atom stereocenters. The lowest BCUT2D eigenvalue weighted by atomic mass is 10.0. The lowest BCUT2D eigenvalue weighted by molar-refractivity contribution is -0.150. The van der Waals surface area contributed by atoms with Crippen molar-refractivity contribution in [3.8, 4) is 0 Å². The van der Waals surface area contributed by atoms with Crippen LogP contribution in [-0.2, 0) is 9.53 Å². The summed E-state index contributed by atoms with van der Waals surface area (Å²) < 4.78 is 4.41. The van der Waals surface area contributed by atoms with Gasteiger partial charge in [-0.05, 0) is 18.1 Å². The summed E-state index contributed by atoms with van der Waals surface area (Å²) in [5.74, 6) is -0.695. The molecule has 0 saturated carbocycles. The summed E-state index contributed by atoms with van der Waals surface area (Å²) in [6.07, 6.45) is -1.83. The minimum absolute atomic E-state index is 0.450. The van der Waals surface area contributed by atoms with Crippen molar-refractivity contribution >= 4 is 5.97 Å². The summed E-state index contributed by atoms with van der Waals surface area (Å²) in [5.41, 5.74) is 1.18. The Morgan fingerprint density at radius 3 is 2.07 bits per heavy atom. The Labute approximate surface area is 88.1 Å². The molecule has 0 bridgehead atoms. The highest BCUT2D eigenvalue weighted by atomic mass is 16.5. The van der Waals surface area contributed by atoms with Crippen LogP contribution in [0.3, 0.4) is 0 Å². The number of rotatable bonds is 3. The summed E-state index contributed by atoms with van der Waals surface area (Å²) in [7, 11) is 1.22. The van der Waals surface area contributed by atoms with Gasteiger partial charge in [0.2, 0.25) is 0 Å². The smallest absolute Gasteiger partial charge is 0.339 e. The summed E-state index contributed by atoms with van der Waals surface area (Å²) in [5, 5.41) is 18.7. The van der Waals surface area contributed by atoms with Crippen LogP contribution in [0.25, 0.3) is 0 Å². The van der Waals surface area contributed by atoms with Crippen molar-refractivity contribution in [2.24, 2.45) is 0 Å². The Hall–Kier alpha value is -1.39. The monoisotopic (exact) mass is 210 g/mol. The second-order valence-corrected chi connectivity index (χ2v) is 3.27. The van der Waals surface area contributed by atoms with Crippen LogP contribution in [0.1, 0.15) is 30.3 Å². The van der Waals surface area contributed by atoms with Gasteiger partial charge in [-0.3, -0.25) is 0 Å². The van der Waals surface area contributed by atoms with Crippen molar-refractivity contribution in [3.63, 3.8) is 0 Å². The highest BCUT2D eigenvalue weighted by Crippen LogP contribution is 2.18. The van der Waals surface area contributed by atoms with Crippen molar-refractivity contribution in [1.29, 1.82) is 0 Å². The third-order valence-corrected chi connectivity index (χ3v) is 2.16. The number of carbonyl (C=O) groups is 1. The topological polar surface area (TPSA) is 66.8 Å². The van der Waals surface area contributed by atoms with E-state index in [2.05, 4.69) is 4.74 Å². The summed E-state index contributed by atoms with van der Waals surface area (Å²) in [6.45, 7) is 1.64. The number of aliphatic hydroxyl groups is 2. The maximum Gasteiger partial charge on any atom is 0.339 e. The first-order chi connectivity index (χ1) is 7.06. The van der Waals surface area contributed by atoms with E-state index in [0.29, 0.717) is 5.56 Å². The van der Waals surface area contributed by atoms with Crippen LogP contribution in [0, 0.1) is 0 Å². The van der Waals surface area contributed by atoms with E-state index in [-0.39, 0.29) is 0 Å². The fraction of sp³-hybridized carbons (Fsp3) is 0.364. The fourth-order valence-electron chi connectivity index (χ4n) is 1.20. The highest BCUT2D eigenvalue weighted by molar-refractivity contribution is 5.76. The first kappa shape index (κ1) is 11.7. The molecule has 0 aromatic heterocycles. The van der Waals surface area contributed by atoms with Crippen molar-refractivity contribution in [1.82, 2.24) is 0 Å². The van der Waals surface area contributed by atoms with E-state index in [4.69, 9.17) is 0 Å². The molecular formula is C11H14O4. The molecule has 0 amide bonds. The van der Waals surface area contributed by atoms with Crippen LogP contribution in [0.2, 0.25) is 0 Å². The average Bonchev–Trinajstić information content (AvgIpc) is 2.27. The molecule has 2 N–H and O–H groups in total. The first-order valence-electron chi connectivity index (χ1n) is 4.60. The van der Waals surface area contributed by atoms with E-state index in [1.54, 1.807) is 31.2 Å². The number of carbonyl (C=O) groups excluding carboxylic acids is 1. The number of esters is 1. The van der Waals surface area contributed by atoms with E-state index >= 15 is 0 Å². The second kappa shape index (κ2) is 4.91. The van der Waals surface area contributed by atoms with Crippen LogP contribution in [-0.4, -0.2) is 23.3 Å². The largest absolute Gasteiger partial charge is 0.467 e. The van der Waals surface area contributed by atoms with E-state index in [1.165, 1.54) is 7.11 Å².